The first kappa shape index (κ1) is 29.3. The second kappa shape index (κ2) is 12.9. The molecule has 1 saturated heterocycles. The number of carbonyl (C=O) groups excluding carboxylic acids is 2. The maximum atomic E-state index is 13.7. The van der Waals surface area contributed by atoms with Crippen molar-refractivity contribution in [2.45, 2.75) is 18.9 Å². The smallest absolute Gasteiger partial charge is 0.254 e. The SMILES string of the molecule is COc1ccc(-n2cc(-c3ccc(Cl)cc3)nc2NC(=O)CN(C[C@H]2CCCO2)C(=O)c2ccc3c(c2)OCO3)cc1OC. The molecule has 0 bridgehead atoms. The summed E-state index contributed by atoms with van der Waals surface area (Å²) in [6.07, 6.45) is 3.35. The Bertz CT molecular complexity index is 1670. The molecule has 4 aromatic rings. The number of nitrogens with one attached hydrogen (secondary N) is 1. The summed E-state index contributed by atoms with van der Waals surface area (Å²) in [5.41, 5.74) is 2.48. The largest absolute Gasteiger partial charge is 0.493 e. The third kappa shape index (κ3) is 6.29. The molecule has 0 aliphatic carbocycles. The summed E-state index contributed by atoms with van der Waals surface area (Å²) in [5, 5.41) is 3.51. The van der Waals surface area contributed by atoms with Crippen LogP contribution in [-0.4, -0.2) is 73.1 Å². The number of carbonyl (C=O) groups is 2. The van der Waals surface area contributed by atoms with Crippen LogP contribution in [0.15, 0.2) is 66.9 Å². The van der Waals surface area contributed by atoms with Crippen LogP contribution in [0.2, 0.25) is 5.02 Å². The summed E-state index contributed by atoms with van der Waals surface area (Å²) < 4.78 is 29.3. The molecule has 11 nitrogen and oxygen atoms in total. The number of nitrogens with zero attached hydrogens (tertiary/aromatic N) is 3. The zero-order chi connectivity index (χ0) is 30.6. The topological polar surface area (TPSA) is 113 Å². The van der Waals surface area contributed by atoms with Crippen LogP contribution in [0.5, 0.6) is 23.0 Å². The Labute approximate surface area is 259 Å². The lowest BCUT2D eigenvalue weighted by molar-refractivity contribution is -0.117. The molecule has 3 heterocycles. The van der Waals surface area contributed by atoms with Crippen LogP contribution in [-0.2, 0) is 9.53 Å². The van der Waals surface area contributed by atoms with Gasteiger partial charge in [0.15, 0.2) is 23.0 Å². The summed E-state index contributed by atoms with van der Waals surface area (Å²) in [7, 11) is 3.11. The van der Waals surface area contributed by atoms with Crippen LogP contribution in [0, 0.1) is 0 Å². The van der Waals surface area contributed by atoms with E-state index in [0.29, 0.717) is 51.6 Å². The van der Waals surface area contributed by atoms with Gasteiger partial charge in [0.05, 0.1) is 31.7 Å². The fraction of sp³-hybridized carbons (Fsp3) is 0.281. The van der Waals surface area contributed by atoms with E-state index in [1.54, 1.807) is 61.3 Å². The van der Waals surface area contributed by atoms with Crippen LogP contribution in [0.3, 0.4) is 0 Å². The highest BCUT2D eigenvalue weighted by atomic mass is 35.5. The molecule has 3 aromatic carbocycles. The molecule has 1 fully saturated rings. The summed E-state index contributed by atoms with van der Waals surface area (Å²) in [6.45, 7) is 0.766. The van der Waals surface area contributed by atoms with Crippen LogP contribution in [0.1, 0.15) is 23.2 Å². The Kier molecular flexibility index (Phi) is 8.58. The molecular formula is C32H31ClN4O7. The molecular weight excluding hydrogens is 588 g/mol. The lowest BCUT2D eigenvalue weighted by atomic mass is 10.1. The van der Waals surface area contributed by atoms with E-state index in [9.17, 15) is 9.59 Å². The Hall–Kier alpha value is -4.74. The van der Waals surface area contributed by atoms with Gasteiger partial charge in [0.25, 0.3) is 5.91 Å². The van der Waals surface area contributed by atoms with Gasteiger partial charge in [-0.3, -0.25) is 19.5 Å². The van der Waals surface area contributed by atoms with E-state index in [-0.39, 0.29) is 37.8 Å². The van der Waals surface area contributed by atoms with Crippen molar-refractivity contribution in [2.75, 3.05) is 46.0 Å². The molecule has 44 heavy (non-hydrogen) atoms. The van der Waals surface area contributed by atoms with Gasteiger partial charge in [0.1, 0.15) is 6.54 Å². The van der Waals surface area contributed by atoms with Crippen molar-refractivity contribution >= 4 is 29.4 Å². The highest BCUT2D eigenvalue weighted by Gasteiger charge is 2.27. The Morgan fingerprint density at radius 2 is 1.82 bits per heavy atom. The maximum Gasteiger partial charge on any atom is 0.254 e. The van der Waals surface area contributed by atoms with Gasteiger partial charge in [-0.2, -0.15) is 0 Å². The average Bonchev–Trinajstić information content (AvgIpc) is 3.82. The fourth-order valence-corrected chi connectivity index (χ4v) is 5.33. The normalized spacial score (nSPS) is 15.2. The van der Waals surface area contributed by atoms with Crippen molar-refractivity contribution in [1.82, 2.24) is 14.5 Å². The Morgan fingerprint density at radius 1 is 1.02 bits per heavy atom. The summed E-state index contributed by atoms with van der Waals surface area (Å²) in [5.74, 6) is 1.66. The summed E-state index contributed by atoms with van der Waals surface area (Å²) >= 11 is 6.11. The first-order valence-corrected chi connectivity index (χ1v) is 14.5. The van der Waals surface area contributed by atoms with Gasteiger partial charge in [-0.1, -0.05) is 23.7 Å². The highest BCUT2D eigenvalue weighted by molar-refractivity contribution is 6.30. The minimum absolute atomic E-state index is 0.0970. The Morgan fingerprint density at radius 3 is 2.57 bits per heavy atom. The van der Waals surface area contributed by atoms with Gasteiger partial charge in [-0.25, -0.2) is 4.98 Å². The number of halogens is 1. The van der Waals surface area contributed by atoms with Crippen LogP contribution >= 0.6 is 11.6 Å². The number of methoxy groups -OCH3 is 2. The van der Waals surface area contributed by atoms with E-state index in [1.165, 1.54) is 4.90 Å². The predicted octanol–water partition coefficient (Wildman–Crippen LogP) is 5.20. The number of rotatable bonds is 10. The number of benzene rings is 3. The number of anilines is 1. The van der Waals surface area contributed by atoms with Crippen LogP contribution in [0.4, 0.5) is 5.95 Å². The molecule has 0 radical (unpaired) electrons. The van der Waals surface area contributed by atoms with E-state index in [1.807, 2.05) is 24.4 Å². The van der Waals surface area contributed by atoms with Gasteiger partial charge >= 0.3 is 0 Å². The monoisotopic (exact) mass is 618 g/mol. The molecule has 0 unspecified atom stereocenters. The molecule has 0 saturated carbocycles. The quantitative estimate of drug-likeness (QED) is 0.258. The standard InChI is InChI=1S/C32H31ClN4O7/c1-40-26-12-10-23(15-28(26)41-2)37-17-25(20-5-8-22(33)9-6-20)34-32(37)35-30(38)18-36(16-24-4-3-13-42-24)31(39)21-7-11-27-29(14-21)44-19-43-27/h5-12,14-15,17,24H,3-4,13,16,18-19H2,1-2H3,(H,34,35,38)/t24-/m1/s1. The van der Waals surface area contributed by atoms with Crippen molar-refractivity contribution in [3.8, 4) is 39.9 Å². The first-order chi connectivity index (χ1) is 21.4. The lowest BCUT2D eigenvalue weighted by Crippen LogP contribution is -2.42. The van der Waals surface area contributed by atoms with E-state index < -0.39 is 5.91 Å². The molecule has 1 aromatic heterocycles. The molecule has 12 heteroatoms. The number of fused-ring (bicyclic) bond motifs is 1. The van der Waals surface area contributed by atoms with Crippen molar-refractivity contribution in [3.05, 3.63) is 77.4 Å². The van der Waals surface area contributed by atoms with Gasteiger partial charge in [-0.15, -0.1) is 0 Å². The second-order valence-electron chi connectivity index (χ2n) is 10.3. The van der Waals surface area contributed by atoms with Crippen molar-refractivity contribution in [3.63, 3.8) is 0 Å². The molecule has 2 aliphatic heterocycles. The summed E-state index contributed by atoms with van der Waals surface area (Å²) in [4.78, 5) is 33.5. The lowest BCUT2D eigenvalue weighted by Gasteiger charge is -2.25. The number of aromatic nitrogens is 2. The predicted molar refractivity (Wildman–Crippen MR) is 163 cm³/mol. The van der Waals surface area contributed by atoms with E-state index in [0.717, 1.165) is 18.4 Å². The molecule has 2 aliphatic rings. The minimum atomic E-state index is -0.424. The van der Waals surface area contributed by atoms with Crippen LogP contribution in [0.25, 0.3) is 16.9 Å². The van der Waals surface area contributed by atoms with Crippen molar-refractivity contribution < 1.29 is 33.3 Å². The van der Waals surface area contributed by atoms with Gasteiger partial charge in [-0.05, 0) is 55.3 Å². The molecule has 228 valence electrons. The number of hydrogen-bond donors (Lipinski definition) is 1. The average molecular weight is 619 g/mol. The van der Waals surface area contributed by atoms with Gasteiger partial charge in [0.2, 0.25) is 18.6 Å². The van der Waals surface area contributed by atoms with E-state index in [2.05, 4.69) is 5.32 Å². The first-order valence-electron chi connectivity index (χ1n) is 14.1. The third-order valence-electron chi connectivity index (χ3n) is 7.43. The number of ether oxygens (including phenoxy) is 5. The zero-order valence-electron chi connectivity index (χ0n) is 24.2. The molecule has 6 rings (SSSR count). The van der Waals surface area contributed by atoms with E-state index >= 15 is 0 Å². The molecule has 0 spiro atoms. The second-order valence-corrected chi connectivity index (χ2v) is 10.7. The maximum absolute atomic E-state index is 13.7. The minimum Gasteiger partial charge on any atom is -0.493 e. The molecule has 1 N–H and O–H groups in total. The summed E-state index contributed by atoms with van der Waals surface area (Å²) in [6, 6.07) is 17.6. The third-order valence-corrected chi connectivity index (χ3v) is 7.68. The fourth-order valence-electron chi connectivity index (χ4n) is 5.20. The Balaban J connectivity index is 1.29. The van der Waals surface area contributed by atoms with Gasteiger partial charge in [0, 0.05) is 41.6 Å². The van der Waals surface area contributed by atoms with Crippen LogP contribution < -0.4 is 24.3 Å². The highest BCUT2D eigenvalue weighted by Crippen LogP contribution is 2.34. The molecule has 2 amide bonds. The number of imidazole rings is 1. The zero-order valence-corrected chi connectivity index (χ0v) is 25.0. The number of hydrogen-bond acceptors (Lipinski definition) is 8. The van der Waals surface area contributed by atoms with Crippen molar-refractivity contribution in [2.24, 2.45) is 0 Å². The van der Waals surface area contributed by atoms with Crippen molar-refractivity contribution in [1.29, 1.82) is 0 Å². The van der Waals surface area contributed by atoms with Gasteiger partial charge < -0.3 is 28.6 Å². The molecule has 1 atom stereocenters. The van der Waals surface area contributed by atoms with E-state index in [4.69, 9.17) is 40.3 Å². The number of amides is 2.